The van der Waals surface area contributed by atoms with Crippen LogP contribution in [0.1, 0.15) is 27.2 Å². The average Bonchev–Trinajstić information content (AvgIpc) is 3.02. The van der Waals surface area contributed by atoms with Crippen LogP contribution < -0.4 is 9.61 Å². The fourth-order valence-electron chi connectivity index (χ4n) is 3.77. The summed E-state index contributed by atoms with van der Waals surface area (Å²) in [4.78, 5) is 28.7. The molecule has 1 N–H and O–H groups in total. The number of carbonyl (C=O) groups excluding carboxylic acids is 1. The van der Waals surface area contributed by atoms with Crippen LogP contribution in [0.3, 0.4) is 0 Å². The Hall–Kier alpha value is -1.42. The van der Waals surface area contributed by atoms with Crippen molar-refractivity contribution < 1.29 is 13.9 Å². The summed E-state index contributed by atoms with van der Waals surface area (Å²) < 4.78 is 20.7. The van der Waals surface area contributed by atoms with Gasteiger partial charge in [0.1, 0.15) is 11.6 Å². The van der Waals surface area contributed by atoms with E-state index in [1.54, 1.807) is 12.1 Å². The van der Waals surface area contributed by atoms with Gasteiger partial charge in [-0.05, 0) is 45.8 Å². The second-order valence-electron chi connectivity index (χ2n) is 6.53. The topological polar surface area (TPSA) is 59.2 Å². The number of ether oxygens (including phenoxy) is 1. The minimum absolute atomic E-state index is 0.162. The number of hydrogen-bond acceptors (Lipinski definition) is 5. The van der Waals surface area contributed by atoms with Crippen molar-refractivity contribution in [2.45, 2.75) is 16.2 Å². The van der Waals surface area contributed by atoms with Crippen molar-refractivity contribution in [1.82, 2.24) is 4.98 Å². The molecule has 9 heteroatoms. The number of thioether (sulfide) groups is 1. The van der Waals surface area contributed by atoms with Crippen LogP contribution >= 0.6 is 55.0 Å². The summed E-state index contributed by atoms with van der Waals surface area (Å²) in [5.41, 5.74) is 1.66. The molecule has 3 heterocycles. The Morgan fingerprint density at radius 1 is 1.11 bits per heavy atom. The summed E-state index contributed by atoms with van der Waals surface area (Å²) in [6.45, 7) is 0. The molecule has 28 heavy (non-hydrogen) atoms. The molecule has 0 saturated heterocycles. The van der Waals surface area contributed by atoms with Crippen molar-refractivity contribution in [3.8, 4) is 5.75 Å². The van der Waals surface area contributed by atoms with Gasteiger partial charge in [0.2, 0.25) is 0 Å². The summed E-state index contributed by atoms with van der Waals surface area (Å²) >= 11 is 9.51. The van der Waals surface area contributed by atoms with Crippen LogP contribution in [0.25, 0.3) is 0 Å². The molecule has 0 radical (unpaired) electrons. The van der Waals surface area contributed by atoms with Gasteiger partial charge in [0.15, 0.2) is 0 Å². The first kappa shape index (κ1) is 18.6. The number of carbonyl (C=O) groups is 1. The van der Waals surface area contributed by atoms with E-state index in [1.165, 1.54) is 23.9 Å². The Kier molecular flexibility index (Phi) is 4.53. The van der Waals surface area contributed by atoms with E-state index >= 15 is 0 Å². The van der Waals surface area contributed by atoms with Gasteiger partial charge in [-0.25, -0.2) is 4.39 Å². The molecule has 2 aliphatic rings. The van der Waals surface area contributed by atoms with E-state index in [2.05, 4.69) is 36.8 Å². The number of thiazole rings is 1. The molecule has 0 amide bonds. The second-order valence-corrected chi connectivity index (χ2v) is 10.5. The highest BCUT2D eigenvalue weighted by atomic mass is 79.9. The monoisotopic (exact) mass is 541 g/mol. The zero-order valence-corrected chi connectivity index (χ0v) is 18.7. The van der Waals surface area contributed by atoms with E-state index in [9.17, 15) is 14.0 Å². The van der Waals surface area contributed by atoms with Crippen LogP contribution in [0.2, 0.25) is 0 Å². The highest BCUT2D eigenvalue weighted by Crippen LogP contribution is 2.59. The molecule has 1 aromatic heterocycles. The minimum atomic E-state index is -0.525. The predicted molar refractivity (Wildman–Crippen MR) is 113 cm³/mol. The molecular weight excluding hydrogens is 533 g/mol. The van der Waals surface area contributed by atoms with Crippen molar-refractivity contribution in [2.24, 2.45) is 5.92 Å². The minimum Gasteiger partial charge on any atom is -0.425 e. The molecule has 3 aromatic rings. The van der Waals surface area contributed by atoms with Gasteiger partial charge in [-0.15, -0.1) is 0 Å². The maximum absolute atomic E-state index is 13.4. The molecule has 4 nitrogen and oxygen atoms in total. The molecule has 3 atom stereocenters. The number of aromatic nitrogens is 1. The van der Waals surface area contributed by atoms with Gasteiger partial charge in [-0.2, -0.15) is 0 Å². The number of benzene rings is 2. The van der Waals surface area contributed by atoms with Crippen molar-refractivity contribution in [1.29, 1.82) is 0 Å². The maximum atomic E-state index is 13.4. The molecule has 2 aliphatic heterocycles. The zero-order chi connectivity index (χ0) is 19.6. The van der Waals surface area contributed by atoms with Crippen LogP contribution in [0.5, 0.6) is 5.75 Å². The molecule has 142 valence electrons. The van der Waals surface area contributed by atoms with E-state index in [1.807, 2.05) is 12.1 Å². The molecule has 0 saturated carbocycles. The Bertz CT molecular complexity index is 1170. The fourth-order valence-corrected chi connectivity index (χ4v) is 7.69. The lowest BCUT2D eigenvalue weighted by atomic mass is 9.78. The predicted octanol–water partition coefficient (Wildman–Crippen LogP) is 5.61. The number of rotatable bonds is 1. The van der Waals surface area contributed by atoms with Gasteiger partial charge in [0.05, 0.1) is 20.7 Å². The lowest BCUT2D eigenvalue weighted by Crippen LogP contribution is -2.37. The first-order valence-corrected chi connectivity index (χ1v) is 11.6. The number of hydrogen-bond donors (Lipinski definition) is 1. The van der Waals surface area contributed by atoms with Gasteiger partial charge in [-0.3, -0.25) is 9.59 Å². The van der Waals surface area contributed by atoms with Gasteiger partial charge >= 0.3 is 10.8 Å². The highest BCUT2D eigenvalue weighted by molar-refractivity contribution is 9.11. The SMILES string of the molecule is O=C1Oc2c(Br)cc(Br)cc2[C@H]2c3sc(=O)[nH]c3S[C@@H](c3ccc(F)cc3)[C@@H]12. The molecule has 0 spiro atoms. The first-order valence-electron chi connectivity index (χ1n) is 8.28. The summed E-state index contributed by atoms with van der Waals surface area (Å²) in [7, 11) is 0. The largest absolute Gasteiger partial charge is 0.425 e. The molecule has 0 aliphatic carbocycles. The normalized spacial score (nSPS) is 22.8. The maximum Gasteiger partial charge on any atom is 0.316 e. The first-order chi connectivity index (χ1) is 13.4. The quantitative estimate of drug-likeness (QED) is 0.320. The lowest BCUT2D eigenvalue weighted by Gasteiger charge is -2.39. The van der Waals surface area contributed by atoms with Crippen molar-refractivity contribution in [3.05, 3.63) is 76.8 Å². The molecule has 5 rings (SSSR count). The van der Waals surface area contributed by atoms with Crippen LogP contribution in [-0.4, -0.2) is 11.0 Å². The van der Waals surface area contributed by atoms with Crippen LogP contribution in [0, 0.1) is 11.7 Å². The summed E-state index contributed by atoms with van der Waals surface area (Å²) in [6, 6.07) is 9.87. The molecule has 0 fully saturated rings. The Labute approximate surface area is 183 Å². The number of fused-ring (bicyclic) bond motifs is 5. The highest BCUT2D eigenvalue weighted by Gasteiger charge is 2.50. The van der Waals surface area contributed by atoms with E-state index in [0.29, 0.717) is 10.2 Å². The van der Waals surface area contributed by atoms with Crippen LogP contribution in [0.15, 0.2) is 55.2 Å². The number of esters is 1. The average molecular weight is 543 g/mol. The number of nitrogens with one attached hydrogen (secondary N) is 1. The van der Waals surface area contributed by atoms with Crippen molar-refractivity contribution in [2.75, 3.05) is 0 Å². The Morgan fingerprint density at radius 2 is 1.86 bits per heavy atom. The van der Waals surface area contributed by atoms with Gasteiger partial charge in [-0.1, -0.05) is 51.2 Å². The second kappa shape index (κ2) is 6.83. The Morgan fingerprint density at radius 3 is 2.61 bits per heavy atom. The standard InChI is InChI=1S/C19H10Br2FNO3S2/c20-8-5-10-12-13(18(24)26-14(10)11(21)6-8)15(7-1-3-9(22)4-2-7)27-17-16(12)28-19(25)23-17/h1-6,12-13,15H,(H,23,25)/t12-,13+,15+/m1/s1. The van der Waals surface area contributed by atoms with E-state index < -0.39 is 5.92 Å². The third-order valence-corrected chi connectivity index (χ3v) is 8.42. The summed E-state index contributed by atoms with van der Waals surface area (Å²) in [6.07, 6.45) is 0. The Balaban J connectivity index is 1.75. The van der Waals surface area contributed by atoms with Crippen molar-refractivity contribution in [3.63, 3.8) is 0 Å². The summed E-state index contributed by atoms with van der Waals surface area (Å²) in [5.74, 6) is -1.06. The fraction of sp³-hybridized carbons (Fsp3) is 0.158. The number of H-pyrrole nitrogens is 1. The molecule has 2 aromatic carbocycles. The van der Waals surface area contributed by atoms with Crippen LogP contribution in [-0.2, 0) is 4.79 Å². The third-order valence-electron chi connectivity index (χ3n) is 4.90. The van der Waals surface area contributed by atoms with E-state index in [0.717, 1.165) is 36.8 Å². The molecule has 0 unspecified atom stereocenters. The molecule has 0 bridgehead atoms. The van der Waals surface area contributed by atoms with Crippen LogP contribution in [0.4, 0.5) is 4.39 Å². The lowest BCUT2D eigenvalue weighted by molar-refractivity contribution is -0.141. The summed E-state index contributed by atoms with van der Waals surface area (Å²) in [5, 5.41) is 0.448. The van der Waals surface area contributed by atoms with E-state index in [-0.39, 0.29) is 27.8 Å². The molecular formula is C19H10Br2FNO3S2. The smallest absolute Gasteiger partial charge is 0.316 e. The number of halogens is 3. The number of aromatic amines is 1. The van der Waals surface area contributed by atoms with Gasteiger partial charge in [0.25, 0.3) is 0 Å². The van der Waals surface area contributed by atoms with E-state index in [4.69, 9.17) is 4.74 Å². The van der Waals surface area contributed by atoms with Crippen molar-refractivity contribution >= 4 is 60.9 Å². The zero-order valence-electron chi connectivity index (χ0n) is 13.9. The van der Waals surface area contributed by atoms with Gasteiger partial charge < -0.3 is 9.72 Å². The third kappa shape index (κ3) is 2.91. The van der Waals surface area contributed by atoms with Gasteiger partial charge in [0, 0.05) is 20.8 Å².